The molecule has 0 amide bonds. The van der Waals surface area contributed by atoms with Crippen LogP contribution in [0.1, 0.15) is 34.1 Å². The quantitative estimate of drug-likeness (QED) is 0.840. The van der Waals surface area contributed by atoms with Gasteiger partial charge in [-0.3, -0.25) is 0 Å². The monoisotopic (exact) mass is 299 g/mol. The van der Waals surface area contributed by atoms with Gasteiger partial charge in [-0.05, 0) is 39.3 Å². The minimum Gasteiger partial charge on any atom is -0.389 e. The summed E-state index contributed by atoms with van der Waals surface area (Å²) in [5, 5.41) is 9.99. The van der Waals surface area contributed by atoms with E-state index >= 15 is 0 Å². The van der Waals surface area contributed by atoms with Crippen LogP contribution < -0.4 is 4.90 Å². The fourth-order valence-corrected chi connectivity index (χ4v) is 3.75. The van der Waals surface area contributed by atoms with Crippen LogP contribution in [-0.4, -0.2) is 38.0 Å². The molecule has 1 N–H and O–H groups in total. The molecule has 4 nitrogen and oxygen atoms in total. The van der Waals surface area contributed by atoms with E-state index in [0.717, 1.165) is 0 Å². The maximum absolute atomic E-state index is 12.3. The summed E-state index contributed by atoms with van der Waals surface area (Å²) < 4.78 is 24.7. The molecule has 0 saturated carbocycles. The van der Waals surface area contributed by atoms with Crippen LogP contribution in [0.5, 0.6) is 0 Å². The van der Waals surface area contributed by atoms with Gasteiger partial charge in [-0.25, -0.2) is 8.42 Å². The normalized spacial score (nSPS) is 12.4. The van der Waals surface area contributed by atoms with E-state index in [1.165, 1.54) is 0 Å². The van der Waals surface area contributed by atoms with Crippen molar-refractivity contribution in [3.63, 3.8) is 0 Å². The summed E-state index contributed by atoms with van der Waals surface area (Å²) in [4.78, 5) is 2.26. The van der Waals surface area contributed by atoms with Crippen LogP contribution in [0.15, 0.2) is 29.2 Å². The lowest BCUT2D eigenvalue weighted by Gasteiger charge is -2.31. The number of hydrogen-bond donors (Lipinski definition) is 1. The van der Waals surface area contributed by atoms with Gasteiger partial charge in [-0.2, -0.15) is 0 Å². The zero-order valence-corrected chi connectivity index (χ0v) is 13.6. The van der Waals surface area contributed by atoms with Crippen molar-refractivity contribution in [2.45, 2.75) is 44.6 Å². The van der Waals surface area contributed by atoms with Crippen molar-refractivity contribution in [3.8, 4) is 0 Å². The molecular weight excluding hydrogens is 274 g/mol. The number of hydrogen-bond acceptors (Lipinski definition) is 4. The molecule has 5 heteroatoms. The van der Waals surface area contributed by atoms with E-state index in [2.05, 4.69) is 0 Å². The van der Waals surface area contributed by atoms with Gasteiger partial charge >= 0.3 is 0 Å². The molecule has 0 aliphatic heterocycles. The first kappa shape index (κ1) is 17.0. The molecular formula is C15H25NO3S. The number of rotatable bonds is 7. The summed E-state index contributed by atoms with van der Waals surface area (Å²) in [5.41, 5.74) is -0.206. The molecule has 1 aromatic rings. The SMILES string of the molecule is CCCS(=O)(=O)c1ccccc1N(CC)CC(C)(C)O. The summed E-state index contributed by atoms with van der Waals surface area (Å²) >= 11 is 0. The Bertz CT molecular complexity index is 532. The van der Waals surface area contributed by atoms with E-state index in [1.807, 2.05) is 24.8 Å². The lowest BCUT2D eigenvalue weighted by Crippen LogP contribution is -2.39. The Morgan fingerprint density at radius 2 is 1.80 bits per heavy atom. The first-order chi connectivity index (χ1) is 9.21. The highest BCUT2D eigenvalue weighted by atomic mass is 32.2. The Balaban J connectivity index is 3.24. The number of aliphatic hydroxyl groups is 1. The highest BCUT2D eigenvalue weighted by molar-refractivity contribution is 7.91. The number of anilines is 1. The molecule has 0 aliphatic rings. The Kier molecular flexibility index (Phi) is 5.59. The summed E-state index contributed by atoms with van der Waals surface area (Å²) in [5.74, 6) is 0.143. The predicted molar refractivity (Wildman–Crippen MR) is 83.0 cm³/mol. The molecule has 1 rings (SSSR count). The summed E-state index contributed by atoms with van der Waals surface area (Å²) in [6.07, 6.45) is 0.592. The molecule has 0 aromatic heterocycles. The number of para-hydroxylation sites is 1. The third-order valence-electron chi connectivity index (χ3n) is 2.97. The van der Waals surface area contributed by atoms with Crippen LogP contribution in [0, 0.1) is 0 Å². The maximum Gasteiger partial charge on any atom is 0.180 e. The lowest BCUT2D eigenvalue weighted by atomic mass is 10.1. The molecule has 0 bridgehead atoms. The van der Waals surface area contributed by atoms with Crippen molar-refractivity contribution in [1.29, 1.82) is 0 Å². The summed E-state index contributed by atoms with van der Waals surface area (Å²) in [6, 6.07) is 7.02. The van der Waals surface area contributed by atoms with E-state index in [9.17, 15) is 13.5 Å². The molecule has 0 radical (unpaired) electrons. The highest BCUT2D eigenvalue weighted by Gasteiger charge is 2.23. The van der Waals surface area contributed by atoms with E-state index in [0.29, 0.717) is 30.1 Å². The van der Waals surface area contributed by atoms with Crippen molar-refractivity contribution in [3.05, 3.63) is 24.3 Å². The Hall–Kier alpha value is -1.07. The highest BCUT2D eigenvalue weighted by Crippen LogP contribution is 2.27. The van der Waals surface area contributed by atoms with E-state index in [1.54, 1.807) is 32.0 Å². The Labute approximate surface area is 122 Å². The van der Waals surface area contributed by atoms with Gasteiger partial charge in [0.25, 0.3) is 0 Å². The fraction of sp³-hybridized carbons (Fsp3) is 0.600. The standard InChI is InChI=1S/C15H25NO3S/c1-5-11-20(18,19)14-10-8-7-9-13(14)16(6-2)12-15(3,4)17/h7-10,17H,5-6,11-12H2,1-4H3. The Morgan fingerprint density at radius 1 is 1.20 bits per heavy atom. The third-order valence-corrected chi connectivity index (χ3v) is 4.93. The maximum atomic E-state index is 12.3. The molecule has 0 atom stereocenters. The molecule has 0 aliphatic carbocycles. The van der Waals surface area contributed by atoms with Crippen LogP contribution in [0.3, 0.4) is 0 Å². The molecule has 1 aromatic carbocycles. The van der Waals surface area contributed by atoms with Crippen LogP contribution in [0.4, 0.5) is 5.69 Å². The second kappa shape index (κ2) is 6.59. The molecule has 0 heterocycles. The average Bonchev–Trinajstić information content (AvgIpc) is 2.35. The van der Waals surface area contributed by atoms with E-state index < -0.39 is 15.4 Å². The minimum atomic E-state index is -3.27. The number of likely N-dealkylation sites (N-methyl/N-ethyl adjacent to an activating group) is 1. The minimum absolute atomic E-state index is 0.143. The van der Waals surface area contributed by atoms with Crippen molar-refractivity contribution < 1.29 is 13.5 Å². The summed E-state index contributed by atoms with van der Waals surface area (Å²) in [7, 11) is -3.27. The second-order valence-electron chi connectivity index (χ2n) is 5.61. The van der Waals surface area contributed by atoms with Crippen molar-refractivity contribution >= 4 is 15.5 Å². The average molecular weight is 299 g/mol. The van der Waals surface area contributed by atoms with Gasteiger partial charge in [0.1, 0.15) is 0 Å². The van der Waals surface area contributed by atoms with Gasteiger partial charge < -0.3 is 10.0 Å². The van der Waals surface area contributed by atoms with Gasteiger partial charge in [-0.1, -0.05) is 19.1 Å². The lowest BCUT2D eigenvalue weighted by molar-refractivity contribution is 0.0875. The number of sulfone groups is 1. The smallest absolute Gasteiger partial charge is 0.180 e. The number of nitrogens with zero attached hydrogens (tertiary/aromatic N) is 1. The van der Waals surface area contributed by atoms with Gasteiger partial charge in [0.2, 0.25) is 0 Å². The van der Waals surface area contributed by atoms with Crippen molar-refractivity contribution in [1.82, 2.24) is 0 Å². The third kappa shape index (κ3) is 4.49. The van der Waals surface area contributed by atoms with Gasteiger partial charge in [0.15, 0.2) is 9.84 Å². The largest absolute Gasteiger partial charge is 0.389 e. The zero-order chi connectivity index (χ0) is 15.4. The first-order valence-corrected chi connectivity index (χ1v) is 8.65. The molecule has 0 fully saturated rings. The van der Waals surface area contributed by atoms with Crippen molar-refractivity contribution in [2.24, 2.45) is 0 Å². The van der Waals surface area contributed by atoms with Crippen LogP contribution in [0.25, 0.3) is 0 Å². The van der Waals surface area contributed by atoms with E-state index in [4.69, 9.17) is 0 Å². The van der Waals surface area contributed by atoms with Crippen LogP contribution in [-0.2, 0) is 9.84 Å². The molecule has 20 heavy (non-hydrogen) atoms. The fourth-order valence-electron chi connectivity index (χ4n) is 2.19. The molecule has 0 saturated heterocycles. The van der Waals surface area contributed by atoms with E-state index in [-0.39, 0.29) is 5.75 Å². The van der Waals surface area contributed by atoms with Gasteiger partial charge in [0, 0.05) is 13.1 Å². The predicted octanol–water partition coefficient (Wildman–Crippen LogP) is 2.47. The first-order valence-electron chi connectivity index (χ1n) is 7.00. The van der Waals surface area contributed by atoms with Crippen molar-refractivity contribution in [2.75, 3.05) is 23.7 Å². The topological polar surface area (TPSA) is 57.6 Å². The van der Waals surface area contributed by atoms with Gasteiger partial charge in [-0.15, -0.1) is 0 Å². The van der Waals surface area contributed by atoms with Crippen LogP contribution >= 0.6 is 0 Å². The number of benzene rings is 1. The zero-order valence-electron chi connectivity index (χ0n) is 12.8. The molecule has 0 spiro atoms. The van der Waals surface area contributed by atoms with Crippen LogP contribution in [0.2, 0.25) is 0 Å². The Morgan fingerprint density at radius 3 is 2.30 bits per heavy atom. The van der Waals surface area contributed by atoms with Gasteiger partial charge in [0.05, 0.1) is 21.9 Å². The second-order valence-corrected chi connectivity index (χ2v) is 7.69. The molecule has 114 valence electrons. The molecule has 0 unspecified atom stereocenters. The summed E-state index contributed by atoms with van der Waals surface area (Å²) in [6.45, 7) is 8.28.